The standard InChI is InChI=1S/C7H9N3O2/c1-2-4(8)5-3-6(7(11)12)10-9-5/h2-4H,1,8H2,(H,9,10)(H,11,12). The molecule has 0 aliphatic carbocycles. The second-order valence-electron chi connectivity index (χ2n) is 2.28. The van der Waals surface area contributed by atoms with Crippen molar-refractivity contribution in [3.05, 3.63) is 30.1 Å². The number of carboxylic acids is 1. The molecule has 0 saturated heterocycles. The van der Waals surface area contributed by atoms with Gasteiger partial charge in [-0.05, 0) is 6.07 Å². The van der Waals surface area contributed by atoms with Crippen molar-refractivity contribution in [2.45, 2.75) is 6.04 Å². The first-order chi connectivity index (χ1) is 5.65. The van der Waals surface area contributed by atoms with Gasteiger partial charge in [0.2, 0.25) is 0 Å². The molecule has 0 radical (unpaired) electrons. The molecule has 0 aliphatic heterocycles. The number of H-pyrrole nitrogens is 1. The topological polar surface area (TPSA) is 92.0 Å². The van der Waals surface area contributed by atoms with Gasteiger partial charge in [-0.1, -0.05) is 6.08 Å². The number of carbonyl (C=O) groups is 1. The maximum atomic E-state index is 10.4. The van der Waals surface area contributed by atoms with E-state index in [9.17, 15) is 4.79 Å². The van der Waals surface area contributed by atoms with Crippen molar-refractivity contribution in [3.8, 4) is 0 Å². The summed E-state index contributed by atoms with van der Waals surface area (Å²) in [6, 6.07) is 0.986. The van der Waals surface area contributed by atoms with Crippen LogP contribution in [-0.4, -0.2) is 21.3 Å². The molecule has 0 aromatic carbocycles. The molecule has 1 aromatic rings. The third-order valence-corrected chi connectivity index (χ3v) is 1.43. The van der Waals surface area contributed by atoms with E-state index >= 15 is 0 Å². The molecular weight excluding hydrogens is 158 g/mol. The van der Waals surface area contributed by atoms with Crippen LogP contribution < -0.4 is 5.73 Å². The van der Waals surface area contributed by atoms with E-state index in [4.69, 9.17) is 10.8 Å². The summed E-state index contributed by atoms with van der Waals surface area (Å²) in [4.78, 5) is 10.4. The van der Waals surface area contributed by atoms with Crippen LogP contribution in [0.4, 0.5) is 0 Å². The molecule has 5 nitrogen and oxygen atoms in total. The van der Waals surface area contributed by atoms with Gasteiger partial charge in [-0.3, -0.25) is 5.10 Å². The number of nitrogens with one attached hydrogen (secondary N) is 1. The maximum Gasteiger partial charge on any atom is 0.356 e. The van der Waals surface area contributed by atoms with Gasteiger partial charge in [0, 0.05) is 0 Å². The Morgan fingerprint density at radius 3 is 3.00 bits per heavy atom. The fourth-order valence-electron chi connectivity index (χ4n) is 0.744. The van der Waals surface area contributed by atoms with Gasteiger partial charge in [-0.25, -0.2) is 4.79 Å². The fourth-order valence-corrected chi connectivity index (χ4v) is 0.744. The van der Waals surface area contributed by atoms with Crippen LogP contribution in [0.2, 0.25) is 0 Å². The summed E-state index contributed by atoms with van der Waals surface area (Å²) in [7, 11) is 0. The van der Waals surface area contributed by atoms with Crippen molar-refractivity contribution < 1.29 is 9.90 Å². The molecular formula is C7H9N3O2. The lowest BCUT2D eigenvalue weighted by Crippen LogP contribution is -2.06. The third-order valence-electron chi connectivity index (χ3n) is 1.43. The van der Waals surface area contributed by atoms with Gasteiger partial charge in [0.25, 0.3) is 0 Å². The van der Waals surface area contributed by atoms with Gasteiger partial charge in [0.05, 0.1) is 11.7 Å². The van der Waals surface area contributed by atoms with Crippen molar-refractivity contribution in [2.75, 3.05) is 0 Å². The van der Waals surface area contributed by atoms with E-state index in [1.165, 1.54) is 12.1 Å². The minimum Gasteiger partial charge on any atom is -0.476 e. The van der Waals surface area contributed by atoms with E-state index in [1.807, 2.05) is 0 Å². The van der Waals surface area contributed by atoms with Crippen LogP contribution in [0, 0.1) is 0 Å². The number of hydrogen-bond donors (Lipinski definition) is 3. The molecule has 4 N–H and O–H groups in total. The molecule has 5 heteroatoms. The van der Waals surface area contributed by atoms with Gasteiger partial charge in [-0.15, -0.1) is 6.58 Å². The smallest absolute Gasteiger partial charge is 0.356 e. The maximum absolute atomic E-state index is 10.4. The first-order valence-electron chi connectivity index (χ1n) is 3.32. The average molecular weight is 167 g/mol. The van der Waals surface area contributed by atoms with Crippen LogP contribution in [0.5, 0.6) is 0 Å². The normalized spacial score (nSPS) is 12.4. The van der Waals surface area contributed by atoms with Gasteiger partial charge >= 0.3 is 5.97 Å². The Bertz CT molecular complexity index is 305. The number of aromatic carboxylic acids is 1. The predicted octanol–water partition coefficient (Wildman–Crippen LogP) is 0.294. The lowest BCUT2D eigenvalue weighted by Gasteiger charge is -1.98. The molecule has 12 heavy (non-hydrogen) atoms. The number of aromatic nitrogens is 2. The second kappa shape index (κ2) is 3.19. The third kappa shape index (κ3) is 1.51. The number of aromatic amines is 1. The first-order valence-corrected chi connectivity index (χ1v) is 3.32. The molecule has 1 heterocycles. The Morgan fingerprint density at radius 2 is 2.58 bits per heavy atom. The zero-order valence-electron chi connectivity index (χ0n) is 6.32. The van der Waals surface area contributed by atoms with Crippen molar-refractivity contribution in [1.82, 2.24) is 10.2 Å². The summed E-state index contributed by atoms with van der Waals surface area (Å²) in [5.74, 6) is -1.08. The highest BCUT2D eigenvalue weighted by Crippen LogP contribution is 2.08. The molecule has 1 rings (SSSR count). The molecule has 1 unspecified atom stereocenters. The molecule has 0 bridgehead atoms. The minimum absolute atomic E-state index is 0.0395. The highest BCUT2D eigenvalue weighted by molar-refractivity contribution is 5.85. The minimum atomic E-state index is -1.08. The molecule has 0 saturated carbocycles. The molecule has 0 amide bonds. The van der Waals surface area contributed by atoms with Crippen LogP contribution in [-0.2, 0) is 0 Å². The van der Waals surface area contributed by atoms with Crippen molar-refractivity contribution in [1.29, 1.82) is 0 Å². The molecule has 0 spiro atoms. The van der Waals surface area contributed by atoms with Crippen LogP contribution in [0.1, 0.15) is 22.2 Å². The Labute approximate surface area is 68.9 Å². The number of nitrogens with two attached hydrogens (primary N) is 1. The van der Waals surface area contributed by atoms with Crippen molar-refractivity contribution in [2.24, 2.45) is 5.73 Å². The Hall–Kier alpha value is -1.62. The quantitative estimate of drug-likeness (QED) is 0.564. The number of nitrogens with zero attached hydrogens (tertiary/aromatic N) is 1. The second-order valence-corrected chi connectivity index (χ2v) is 2.28. The summed E-state index contributed by atoms with van der Waals surface area (Å²) in [5.41, 5.74) is 6.03. The molecule has 1 aromatic heterocycles. The van der Waals surface area contributed by atoms with E-state index in [1.54, 1.807) is 0 Å². The molecule has 0 aliphatic rings. The summed E-state index contributed by atoms with van der Waals surface area (Å²) in [5, 5.41) is 14.5. The molecule has 0 fully saturated rings. The number of hydrogen-bond acceptors (Lipinski definition) is 3. The van der Waals surface area contributed by atoms with Crippen LogP contribution >= 0.6 is 0 Å². The SMILES string of the molecule is C=CC(N)c1cc(C(=O)O)n[nH]1. The summed E-state index contributed by atoms with van der Waals surface area (Å²) in [6.07, 6.45) is 1.50. The van der Waals surface area contributed by atoms with Gasteiger partial charge in [-0.2, -0.15) is 5.10 Å². The zero-order valence-corrected chi connectivity index (χ0v) is 6.32. The van der Waals surface area contributed by atoms with Crippen LogP contribution in [0.15, 0.2) is 18.7 Å². The summed E-state index contributed by atoms with van der Waals surface area (Å²) < 4.78 is 0. The van der Waals surface area contributed by atoms with Crippen molar-refractivity contribution >= 4 is 5.97 Å². The lowest BCUT2D eigenvalue weighted by molar-refractivity contribution is 0.0690. The Kier molecular flexibility index (Phi) is 2.25. The van der Waals surface area contributed by atoms with E-state index in [0.717, 1.165) is 0 Å². The van der Waals surface area contributed by atoms with Gasteiger partial charge in [0.15, 0.2) is 5.69 Å². The van der Waals surface area contributed by atoms with Crippen LogP contribution in [0.3, 0.4) is 0 Å². The van der Waals surface area contributed by atoms with Gasteiger partial charge in [0.1, 0.15) is 0 Å². The number of carboxylic acid groups (broad SMARTS) is 1. The summed E-state index contributed by atoms with van der Waals surface area (Å²) in [6.45, 7) is 3.47. The predicted molar refractivity (Wildman–Crippen MR) is 42.7 cm³/mol. The Morgan fingerprint density at radius 1 is 1.92 bits per heavy atom. The van der Waals surface area contributed by atoms with E-state index < -0.39 is 12.0 Å². The highest BCUT2D eigenvalue weighted by Gasteiger charge is 2.10. The fraction of sp³-hybridized carbons (Fsp3) is 0.143. The molecule has 1 atom stereocenters. The van der Waals surface area contributed by atoms with Crippen molar-refractivity contribution in [3.63, 3.8) is 0 Å². The zero-order chi connectivity index (χ0) is 9.14. The van der Waals surface area contributed by atoms with E-state index in [0.29, 0.717) is 5.69 Å². The monoisotopic (exact) mass is 167 g/mol. The Balaban J connectivity index is 2.91. The van der Waals surface area contributed by atoms with E-state index in [-0.39, 0.29) is 5.69 Å². The average Bonchev–Trinajstić information content (AvgIpc) is 2.51. The highest BCUT2D eigenvalue weighted by atomic mass is 16.4. The van der Waals surface area contributed by atoms with E-state index in [2.05, 4.69) is 16.8 Å². The summed E-state index contributed by atoms with van der Waals surface area (Å²) >= 11 is 0. The van der Waals surface area contributed by atoms with Crippen LogP contribution in [0.25, 0.3) is 0 Å². The van der Waals surface area contributed by atoms with Gasteiger partial charge < -0.3 is 10.8 Å². The number of rotatable bonds is 3. The molecule has 64 valence electrons. The largest absolute Gasteiger partial charge is 0.476 e. The first kappa shape index (κ1) is 8.48. The lowest BCUT2D eigenvalue weighted by atomic mass is 10.2.